The van der Waals surface area contributed by atoms with Crippen LogP contribution in [0.2, 0.25) is 0 Å². The number of hydrogen-bond acceptors (Lipinski definition) is 3. The molecule has 0 saturated carbocycles. The van der Waals surface area contributed by atoms with Crippen LogP contribution < -0.4 is 4.90 Å². The zero-order chi connectivity index (χ0) is 21.5. The Morgan fingerprint density at radius 2 is 1.25 bits per heavy atom. The molecule has 1 aliphatic heterocycles. The van der Waals surface area contributed by atoms with Gasteiger partial charge in [0.2, 0.25) is 0 Å². The Bertz CT molecular complexity index is 1450. The minimum Gasteiger partial charge on any atom is -0.294 e. The molecule has 6 rings (SSSR count). The van der Waals surface area contributed by atoms with Gasteiger partial charge in [0.25, 0.3) is 0 Å². The Balaban J connectivity index is 1.65. The summed E-state index contributed by atoms with van der Waals surface area (Å²) >= 11 is 3.67. The Kier molecular flexibility index (Phi) is 4.58. The van der Waals surface area contributed by atoms with E-state index in [0.29, 0.717) is 5.82 Å². The summed E-state index contributed by atoms with van der Waals surface area (Å²) in [6, 6.07) is 35.6. The Labute approximate surface area is 195 Å². The van der Waals surface area contributed by atoms with E-state index in [1.165, 1.54) is 22.3 Å². The molecule has 0 saturated heterocycles. The van der Waals surface area contributed by atoms with Crippen molar-refractivity contribution in [1.82, 2.24) is 9.97 Å². The second-order valence-electron chi connectivity index (χ2n) is 7.66. The third-order valence-electron chi connectivity index (χ3n) is 5.75. The van der Waals surface area contributed by atoms with Crippen LogP contribution in [0.5, 0.6) is 0 Å². The fraction of sp³-hybridized carbons (Fsp3) is 0. The van der Waals surface area contributed by atoms with E-state index in [4.69, 9.17) is 4.98 Å². The molecular formula is C28H18BrN3. The van der Waals surface area contributed by atoms with Gasteiger partial charge in [0.05, 0.1) is 11.4 Å². The van der Waals surface area contributed by atoms with Crippen molar-refractivity contribution in [2.45, 2.75) is 0 Å². The molecule has 0 radical (unpaired) electrons. The Morgan fingerprint density at radius 1 is 0.594 bits per heavy atom. The van der Waals surface area contributed by atoms with E-state index in [2.05, 4.69) is 92.5 Å². The molecule has 152 valence electrons. The number of benzene rings is 4. The topological polar surface area (TPSA) is 29.0 Å². The molecule has 0 spiro atoms. The van der Waals surface area contributed by atoms with Gasteiger partial charge in [-0.05, 0) is 41.5 Å². The lowest BCUT2D eigenvalue weighted by molar-refractivity contribution is 1.12. The molecule has 5 aromatic rings. The molecule has 32 heavy (non-hydrogen) atoms. The summed E-state index contributed by atoms with van der Waals surface area (Å²) in [5.41, 5.74) is 7.93. The second kappa shape index (κ2) is 7.74. The van der Waals surface area contributed by atoms with Crippen molar-refractivity contribution in [3.63, 3.8) is 0 Å². The van der Waals surface area contributed by atoms with Gasteiger partial charge in [-0.15, -0.1) is 0 Å². The summed E-state index contributed by atoms with van der Waals surface area (Å²) in [4.78, 5) is 11.8. The number of rotatable bonds is 2. The van der Waals surface area contributed by atoms with Crippen molar-refractivity contribution >= 4 is 33.1 Å². The van der Waals surface area contributed by atoms with Crippen LogP contribution >= 0.6 is 15.9 Å². The zero-order valence-electron chi connectivity index (χ0n) is 17.1. The molecule has 0 fully saturated rings. The molecule has 0 aliphatic carbocycles. The van der Waals surface area contributed by atoms with Gasteiger partial charge in [0.15, 0.2) is 5.82 Å². The first kappa shape index (κ1) is 19.0. The molecule has 0 unspecified atom stereocenters. The molecule has 0 amide bonds. The average Bonchev–Trinajstić information content (AvgIpc) is 2.97. The molecule has 0 atom stereocenters. The van der Waals surface area contributed by atoms with E-state index in [-0.39, 0.29) is 0 Å². The molecule has 0 N–H and O–H groups in total. The van der Waals surface area contributed by atoms with E-state index in [1.807, 2.05) is 42.6 Å². The number of aromatic nitrogens is 2. The monoisotopic (exact) mass is 475 g/mol. The summed E-state index contributed by atoms with van der Waals surface area (Å²) in [6.45, 7) is 0. The molecule has 4 aromatic carbocycles. The Hall–Kier alpha value is -3.76. The number of fused-ring (bicyclic) bond motifs is 5. The summed E-state index contributed by atoms with van der Waals surface area (Å²) in [5.74, 6) is 1.55. The molecular weight excluding hydrogens is 458 g/mol. The van der Waals surface area contributed by atoms with Crippen LogP contribution in [0.3, 0.4) is 0 Å². The van der Waals surface area contributed by atoms with Gasteiger partial charge < -0.3 is 0 Å². The van der Waals surface area contributed by atoms with E-state index in [9.17, 15) is 0 Å². The van der Waals surface area contributed by atoms with Crippen LogP contribution in [0.4, 0.5) is 17.2 Å². The van der Waals surface area contributed by atoms with Gasteiger partial charge in [-0.3, -0.25) is 4.90 Å². The molecule has 4 heteroatoms. The van der Waals surface area contributed by atoms with Crippen LogP contribution in [0.25, 0.3) is 33.6 Å². The van der Waals surface area contributed by atoms with Gasteiger partial charge in [0.1, 0.15) is 5.82 Å². The maximum absolute atomic E-state index is 4.99. The largest absolute Gasteiger partial charge is 0.294 e. The molecule has 1 aliphatic rings. The van der Waals surface area contributed by atoms with Gasteiger partial charge in [-0.2, -0.15) is 0 Å². The fourth-order valence-corrected chi connectivity index (χ4v) is 4.70. The van der Waals surface area contributed by atoms with E-state index in [0.717, 1.165) is 27.2 Å². The minimum absolute atomic E-state index is 0.711. The van der Waals surface area contributed by atoms with E-state index >= 15 is 0 Å². The van der Waals surface area contributed by atoms with Crippen LogP contribution in [0.1, 0.15) is 0 Å². The molecule has 2 heterocycles. The highest BCUT2D eigenvalue weighted by atomic mass is 79.9. The minimum atomic E-state index is 0.711. The highest BCUT2D eigenvalue weighted by molar-refractivity contribution is 9.10. The number of nitrogens with zero attached hydrogens (tertiary/aromatic N) is 3. The SMILES string of the molecule is Brc1ccc2c(c1)-c1ccccc1N(c1ccnc(-c3ccccc3)n1)c1ccccc1-2. The van der Waals surface area contributed by atoms with Crippen LogP contribution in [-0.4, -0.2) is 9.97 Å². The first-order chi connectivity index (χ1) is 15.8. The first-order valence-corrected chi connectivity index (χ1v) is 11.3. The highest BCUT2D eigenvalue weighted by Gasteiger charge is 2.26. The van der Waals surface area contributed by atoms with Crippen molar-refractivity contribution < 1.29 is 0 Å². The lowest BCUT2D eigenvalue weighted by Crippen LogP contribution is -2.13. The van der Waals surface area contributed by atoms with E-state index in [1.54, 1.807) is 0 Å². The lowest BCUT2D eigenvalue weighted by atomic mass is 9.95. The van der Waals surface area contributed by atoms with Crippen LogP contribution in [-0.2, 0) is 0 Å². The Morgan fingerprint density at radius 3 is 2.00 bits per heavy atom. The lowest BCUT2D eigenvalue weighted by Gasteiger charge is -2.26. The van der Waals surface area contributed by atoms with Gasteiger partial charge >= 0.3 is 0 Å². The number of halogens is 1. The number of anilines is 3. The third kappa shape index (κ3) is 3.12. The van der Waals surface area contributed by atoms with Crippen molar-refractivity contribution in [2.75, 3.05) is 4.90 Å². The second-order valence-corrected chi connectivity index (χ2v) is 8.58. The quantitative estimate of drug-likeness (QED) is 0.253. The zero-order valence-corrected chi connectivity index (χ0v) is 18.7. The summed E-state index contributed by atoms with van der Waals surface area (Å²) in [7, 11) is 0. The highest BCUT2D eigenvalue weighted by Crippen LogP contribution is 2.50. The summed E-state index contributed by atoms with van der Waals surface area (Å²) in [6.07, 6.45) is 1.84. The van der Waals surface area contributed by atoms with Crippen molar-refractivity contribution in [3.8, 4) is 33.6 Å². The predicted molar refractivity (Wildman–Crippen MR) is 134 cm³/mol. The predicted octanol–water partition coefficient (Wildman–Crippen LogP) is 8.02. The third-order valence-corrected chi connectivity index (χ3v) is 6.25. The summed E-state index contributed by atoms with van der Waals surface area (Å²) < 4.78 is 1.06. The molecule has 1 aromatic heterocycles. The maximum Gasteiger partial charge on any atom is 0.161 e. The van der Waals surface area contributed by atoms with Crippen molar-refractivity contribution in [1.29, 1.82) is 0 Å². The number of para-hydroxylation sites is 2. The van der Waals surface area contributed by atoms with Crippen LogP contribution in [0, 0.1) is 0 Å². The fourth-order valence-electron chi connectivity index (χ4n) is 4.34. The molecule has 0 bridgehead atoms. The van der Waals surface area contributed by atoms with Crippen molar-refractivity contribution in [3.05, 3.63) is 114 Å². The van der Waals surface area contributed by atoms with Gasteiger partial charge in [-0.25, -0.2) is 9.97 Å². The van der Waals surface area contributed by atoms with Gasteiger partial charge in [-0.1, -0.05) is 88.7 Å². The van der Waals surface area contributed by atoms with Crippen molar-refractivity contribution in [2.24, 2.45) is 0 Å². The summed E-state index contributed by atoms with van der Waals surface area (Å²) in [5, 5.41) is 0. The standard InChI is InChI=1S/C28H18BrN3/c29-20-14-15-21-22-10-4-6-12-25(22)32(26-13-7-5-11-23(26)24(21)18-20)27-16-17-30-28(31-27)19-8-2-1-3-9-19/h1-18H. The smallest absolute Gasteiger partial charge is 0.161 e. The number of hydrogen-bond donors (Lipinski definition) is 0. The molecule has 3 nitrogen and oxygen atoms in total. The first-order valence-electron chi connectivity index (χ1n) is 10.5. The maximum atomic E-state index is 4.99. The van der Waals surface area contributed by atoms with E-state index < -0.39 is 0 Å². The van der Waals surface area contributed by atoms with Gasteiger partial charge in [0, 0.05) is 27.4 Å². The normalized spacial score (nSPS) is 11.8. The average molecular weight is 476 g/mol. The van der Waals surface area contributed by atoms with Crippen LogP contribution in [0.15, 0.2) is 114 Å².